The molecular formula is C86H84N2. The van der Waals surface area contributed by atoms with E-state index in [9.17, 15) is 0 Å². The summed E-state index contributed by atoms with van der Waals surface area (Å²) in [5, 5.41) is 5.88. The zero-order valence-electron chi connectivity index (χ0n) is 53.3. The Hall–Kier alpha value is -7.94. The lowest BCUT2D eigenvalue weighted by atomic mass is 9.74. The van der Waals surface area contributed by atoms with Gasteiger partial charge in [-0.05, 0) is 247 Å². The first-order valence-electron chi connectivity index (χ1n) is 33.9. The van der Waals surface area contributed by atoms with E-state index in [0.717, 1.165) is 25.7 Å². The van der Waals surface area contributed by atoms with Crippen molar-refractivity contribution in [3.05, 3.63) is 249 Å². The van der Waals surface area contributed by atoms with Crippen molar-refractivity contribution in [1.82, 2.24) is 0 Å². The average molecular weight is 1150 g/mol. The number of fused-ring (bicyclic) bond motifs is 12. The second-order valence-electron chi connectivity index (χ2n) is 29.8. The van der Waals surface area contributed by atoms with Gasteiger partial charge in [-0.25, -0.2) is 0 Å². The van der Waals surface area contributed by atoms with E-state index >= 15 is 0 Å². The molecule has 0 aromatic heterocycles. The largest absolute Gasteiger partial charge is 0.310 e. The molecule has 0 heterocycles. The van der Waals surface area contributed by atoms with Crippen LogP contribution >= 0.6 is 0 Å². The van der Waals surface area contributed by atoms with Crippen LogP contribution in [0.1, 0.15) is 213 Å². The number of allylic oxidation sites excluding steroid dienone is 8. The van der Waals surface area contributed by atoms with Gasteiger partial charge < -0.3 is 9.80 Å². The summed E-state index contributed by atoms with van der Waals surface area (Å²) < 4.78 is 0. The third kappa shape index (κ3) is 7.91. The Kier molecular flexibility index (Phi) is 12.2. The van der Waals surface area contributed by atoms with E-state index in [1.807, 2.05) is 0 Å². The van der Waals surface area contributed by atoms with Gasteiger partial charge in [0, 0.05) is 55.8 Å². The molecule has 0 aliphatic heterocycles. The fourth-order valence-electron chi connectivity index (χ4n) is 19.1. The monoisotopic (exact) mass is 1140 g/mol. The number of hydrogen-bond donors (Lipinski definition) is 0. The summed E-state index contributed by atoms with van der Waals surface area (Å²) in [7, 11) is 0. The number of nitrogens with zero attached hydrogens (tertiary/aromatic N) is 2. The Morgan fingerprint density at radius 3 is 1.05 bits per heavy atom. The van der Waals surface area contributed by atoms with Crippen LogP contribution in [0, 0.1) is 0 Å². The van der Waals surface area contributed by atoms with Gasteiger partial charge in [0.05, 0.1) is 0 Å². The second-order valence-corrected chi connectivity index (χ2v) is 29.8. The topological polar surface area (TPSA) is 6.48 Å². The molecule has 9 aromatic rings. The van der Waals surface area contributed by atoms with E-state index < -0.39 is 0 Å². The smallest absolute Gasteiger partial charge is 0.0468 e. The van der Waals surface area contributed by atoms with Crippen LogP contribution in [0.5, 0.6) is 0 Å². The van der Waals surface area contributed by atoms with Crippen molar-refractivity contribution < 1.29 is 0 Å². The quantitative estimate of drug-likeness (QED) is 0.140. The normalized spacial score (nSPS) is 19.7. The van der Waals surface area contributed by atoms with Crippen LogP contribution in [0.25, 0.3) is 54.9 Å². The molecule has 0 atom stereocenters. The van der Waals surface area contributed by atoms with E-state index in [1.54, 1.807) is 22.3 Å². The molecule has 2 heteroatoms. The Morgan fingerprint density at radius 2 is 0.636 bits per heavy atom. The zero-order chi connectivity index (χ0) is 59.6. The minimum atomic E-state index is -0.134. The number of benzene rings is 9. The highest BCUT2D eigenvalue weighted by molar-refractivity contribution is 6.10. The highest BCUT2D eigenvalue weighted by atomic mass is 15.1. The standard InChI is InChI=1S/C86H84N2/c1-83(2)73-31-19-15-27-61(73)65-41-35-57(49-77(65)83)87(58-36-42-66-62-28-16-20-32-74(62)84(3,4)78(66)50-58)55-39-45-69-71(47-55)82(54-25-13-10-14-26-54)72-48-56(40-46-70(72)81(69)53-23-11-9-12-24-53)88(59-37-43-67-63-29-17-21-33-75(63)85(5,6)79(67)51-59)60-38-44-68-64-30-18-22-34-76(64)86(7,8)80(68)52-60/h15-19,21,27-31,33,35-54H,9-14,20,22-26,32,34H2,1-8H3. The first-order valence-corrected chi connectivity index (χ1v) is 33.9. The summed E-state index contributed by atoms with van der Waals surface area (Å²) in [5.74, 6) is 0.949. The number of rotatable bonds is 8. The van der Waals surface area contributed by atoms with Crippen LogP contribution in [-0.4, -0.2) is 0 Å². The minimum Gasteiger partial charge on any atom is -0.310 e. The molecule has 0 saturated heterocycles. The van der Waals surface area contributed by atoms with Crippen LogP contribution in [0.3, 0.4) is 0 Å². The van der Waals surface area contributed by atoms with E-state index in [0.29, 0.717) is 11.8 Å². The lowest BCUT2D eigenvalue weighted by molar-refractivity contribution is 0.445. The van der Waals surface area contributed by atoms with Gasteiger partial charge in [0.25, 0.3) is 0 Å². The van der Waals surface area contributed by atoms with E-state index in [4.69, 9.17) is 0 Å². The first kappa shape index (κ1) is 54.2. The molecule has 0 bridgehead atoms. The molecule has 2 fully saturated rings. The molecule has 2 saturated carbocycles. The van der Waals surface area contributed by atoms with Crippen molar-refractivity contribution in [2.45, 2.75) is 179 Å². The first-order chi connectivity index (χ1) is 42.7. The molecule has 0 radical (unpaired) electrons. The molecule has 17 rings (SSSR count). The summed E-state index contributed by atoms with van der Waals surface area (Å²) in [6.45, 7) is 19.7. The summed E-state index contributed by atoms with van der Waals surface area (Å²) in [6, 6.07) is 63.7. The lowest BCUT2D eigenvalue weighted by Crippen LogP contribution is -2.19. The SMILES string of the molecule is CC1(C)C2=C(C=CCC2)c2ccc(N(c3ccc4c(c3)C(C)(C)c3ccccc3-4)c3ccc4c(C5CCCCC5)c5ccc(N(c6ccc7c(c6)C(C)(C)C6=C7C=CCC6)c6ccc7c(c6)C(C)(C)c6ccccc6-7)cc5c(C5CCCCC5)c4c3)cc21. The maximum Gasteiger partial charge on any atom is 0.0468 e. The summed E-state index contributed by atoms with van der Waals surface area (Å²) in [4.78, 5) is 5.31. The Balaban J connectivity index is 0.910. The van der Waals surface area contributed by atoms with Crippen molar-refractivity contribution >= 4 is 66.8 Å². The van der Waals surface area contributed by atoms with E-state index in [-0.39, 0.29) is 21.7 Å². The van der Waals surface area contributed by atoms with Gasteiger partial charge in [-0.3, -0.25) is 0 Å². The average Bonchev–Trinajstić information content (AvgIpc) is 1.35. The molecule has 0 N–H and O–H groups in total. The predicted molar refractivity (Wildman–Crippen MR) is 374 cm³/mol. The molecule has 0 unspecified atom stereocenters. The second kappa shape index (κ2) is 19.8. The van der Waals surface area contributed by atoms with Crippen LogP contribution in [0.4, 0.5) is 34.1 Å². The van der Waals surface area contributed by atoms with Crippen molar-refractivity contribution in [2.24, 2.45) is 0 Å². The van der Waals surface area contributed by atoms with Gasteiger partial charge in [-0.1, -0.05) is 214 Å². The lowest BCUT2D eigenvalue weighted by Gasteiger charge is -2.33. The predicted octanol–water partition coefficient (Wildman–Crippen LogP) is 24.4. The third-order valence-corrected chi connectivity index (χ3v) is 23.7. The summed E-state index contributed by atoms with van der Waals surface area (Å²) in [6.07, 6.45) is 26.8. The van der Waals surface area contributed by atoms with Crippen LogP contribution in [0.15, 0.2) is 193 Å². The zero-order valence-corrected chi connectivity index (χ0v) is 53.3. The molecule has 0 spiro atoms. The van der Waals surface area contributed by atoms with Gasteiger partial charge in [0.2, 0.25) is 0 Å². The van der Waals surface area contributed by atoms with Crippen molar-refractivity contribution in [3.8, 4) is 22.3 Å². The Morgan fingerprint density at radius 1 is 0.307 bits per heavy atom. The fourth-order valence-corrected chi connectivity index (χ4v) is 19.1. The molecule has 438 valence electrons. The van der Waals surface area contributed by atoms with Gasteiger partial charge >= 0.3 is 0 Å². The molecule has 9 aromatic carbocycles. The van der Waals surface area contributed by atoms with Crippen molar-refractivity contribution in [1.29, 1.82) is 0 Å². The highest BCUT2D eigenvalue weighted by Gasteiger charge is 2.42. The van der Waals surface area contributed by atoms with Crippen LogP contribution in [-0.2, 0) is 21.7 Å². The maximum atomic E-state index is 2.69. The van der Waals surface area contributed by atoms with Crippen LogP contribution in [0.2, 0.25) is 0 Å². The number of hydrogen-bond acceptors (Lipinski definition) is 2. The number of anilines is 6. The molecule has 0 amide bonds. The summed E-state index contributed by atoms with van der Waals surface area (Å²) in [5.41, 5.74) is 33.1. The molecule has 8 aliphatic carbocycles. The Labute approximate surface area is 523 Å². The van der Waals surface area contributed by atoms with Gasteiger partial charge in [-0.15, -0.1) is 0 Å². The minimum absolute atomic E-state index is 0.0553. The molecule has 2 nitrogen and oxygen atoms in total. The van der Waals surface area contributed by atoms with Gasteiger partial charge in [0.15, 0.2) is 0 Å². The van der Waals surface area contributed by atoms with Crippen LogP contribution < -0.4 is 9.80 Å². The van der Waals surface area contributed by atoms with E-state index in [1.165, 1.54) is 198 Å². The highest BCUT2D eigenvalue weighted by Crippen LogP contribution is 2.58. The van der Waals surface area contributed by atoms with E-state index in [2.05, 4.69) is 247 Å². The fraction of sp³-hybridized carbons (Fsp3) is 0.326. The molecule has 8 aliphatic rings. The summed E-state index contributed by atoms with van der Waals surface area (Å²) >= 11 is 0. The third-order valence-electron chi connectivity index (χ3n) is 23.7. The molecular weight excluding hydrogens is 1060 g/mol. The van der Waals surface area contributed by atoms with Crippen molar-refractivity contribution in [3.63, 3.8) is 0 Å². The van der Waals surface area contributed by atoms with Gasteiger partial charge in [0.1, 0.15) is 0 Å². The van der Waals surface area contributed by atoms with Crippen molar-refractivity contribution in [2.75, 3.05) is 9.80 Å². The maximum absolute atomic E-state index is 2.69. The Bertz CT molecular complexity index is 4310. The molecule has 88 heavy (non-hydrogen) atoms. The van der Waals surface area contributed by atoms with Gasteiger partial charge in [-0.2, -0.15) is 0 Å².